The van der Waals surface area contributed by atoms with Gasteiger partial charge in [-0.15, -0.1) is 0 Å². The lowest BCUT2D eigenvalue weighted by atomic mass is 10.1. The van der Waals surface area contributed by atoms with Gasteiger partial charge in [-0.25, -0.2) is 8.42 Å². The fraction of sp³-hybridized carbons (Fsp3) is 0.100. The summed E-state index contributed by atoms with van der Waals surface area (Å²) in [4.78, 5) is 4.13. The molecule has 5 heteroatoms. The number of nitrogens with zero attached hydrogens (tertiary/aromatic N) is 1. The van der Waals surface area contributed by atoms with Crippen LogP contribution >= 0.6 is 10.7 Å². The monoisotopic (exact) mass is 241 g/mol. The molecular weight excluding hydrogens is 234 g/mol. The van der Waals surface area contributed by atoms with Crippen molar-refractivity contribution >= 4 is 30.6 Å². The predicted molar refractivity (Wildman–Crippen MR) is 60.2 cm³/mol. The molecule has 15 heavy (non-hydrogen) atoms. The van der Waals surface area contributed by atoms with Gasteiger partial charge >= 0.3 is 0 Å². The Morgan fingerprint density at radius 3 is 2.80 bits per heavy atom. The molecule has 1 heterocycles. The topological polar surface area (TPSA) is 47.0 Å². The summed E-state index contributed by atoms with van der Waals surface area (Å²) in [5.74, 6) is -0.166. The number of fused-ring (bicyclic) bond motifs is 1. The summed E-state index contributed by atoms with van der Waals surface area (Å²) in [5, 5.41) is 0.980. The van der Waals surface area contributed by atoms with Crippen LogP contribution in [0.4, 0.5) is 0 Å². The van der Waals surface area contributed by atoms with E-state index in [-0.39, 0.29) is 5.75 Å². The number of hydrogen-bond acceptors (Lipinski definition) is 3. The molecule has 0 saturated heterocycles. The van der Waals surface area contributed by atoms with Crippen molar-refractivity contribution in [3.63, 3.8) is 0 Å². The first-order valence-electron chi connectivity index (χ1n) is 4.31. The van der Waals surface area contributed by atoms with Crippen LogP contribution in [-0.4, -0.2) is 13.4 Å². The number of rotatable bonds is 2. The van der Waals surface area contributed by atoms with Crippen LogP contribution in [-0.2, 0) is 14.8 Å². The fourth-order valence-electron chi connectivity index (χ4n) is 1.40. The minimum Gasteiger partial charge on any atom is -0.256 e. The number of aromatic nitrogens is 1. The molecule has 3 nitrogen and oxygen atoms in total. The van der Waals surface area contributed by atoms with Gasteiger partial charge in [0.1, 0.15) is 0 Å². The van der Waals surface area contributed by atoms with E-state index in [1.807, 2.05) is 18.2 Å². The Bertz CT molecular complexity index is 595. The van der Waals surface area contributed by atoms with E-state index in [0.29, 0.717) is 5.56 Å². The molecule has 0 amide bonds. The number of hydrogen-bond donors (Lipinski definition) is 0. The SMILES string of the molecule is O=S(=O)(Cl)Cc1ccc2cccnc2c1. The molecule has 78 valence electrons. The highest BCUT2D eigenvalue weighted by molar-refractivity contribution is 8.13. The van der Waals surface area contributed by atoms with E-state index in [4.69, 9.17) is 10.7 Å². The lowest BCUT2D eigenvalue weighted by molar-refractivity contribution is 0.609. The van der Waals surface area contributed by atoms with Crippen molar-refractivity contribution in [1.82, 2.24) is 4.98 Å². The molecule has 1 aromatic carbocycles. The summed E-state index contributed by atoms with van der Waals surface area (Å²) >= 11 is 0. The zero-order valence-electron chi connectivity index (χ0n) is 7.72. The molecule has 0 bridgehead atoms. The summed E-state index contributed by atoms with van der Waals surface area (Å²) in [6.07, 6.45) is 1.67. The number of halogens is 1. The van der Waals surface area contributed by atoms with Crippen LogP contribution in [0.2, 0.25) is 0 Å². The zero-order valence-corrected chi connectivity index (χ0v) is 9.29. The molecule has 0 atom stereocenters. The van der Waals surface area contributed by atoms with Gasteiger partial charge in [0, 0.05) is 22.3 Å². The van der Waals surface area contributed by atoms with Gasteiger partial charge in [0.25, 0.3) is 0 Å². The standard InChI is InChI=1S/C10H8ClNO2S/c11-15(13,14)7-8-3-4-9-2-1-5-12-10(9)6-8/h1-6H,7H2. The summed E-state index contributed by atoms with van der Waals surface area (Å²) in [6, 6.07) is 9.06. The number of benzene rings is 1. The maximum absolute atomic E-state index is 10.9. The van der Waals surface area contributed by atoms with E-state index in [9.17, 15) is 8.42 Å². The van der Waals surface area contributed by atoms with Crippen molar-refractivity contribution < 1.29 is 8.42 Å². The van der Waals surface area contributed by atoms with Crippen LogP contribution in [0.25, 0.3) is 10.9 Å². The van der Waals surface area contributed by atoms with E-state index in [0.717, 1.165) is 10.9 Å². The van der Waals surface area contributed by atoms with Gasteiger partial charge in [-0.05, 0) is 17.7 Å². The van der Waals surface area contributed by atoms with Crippen molar-refractivity contribution in [2.75, 3.05) is 0 Å². The molecule has 0 fully saturated rings. The van der Waals surface area contributed by atoms with Crippen molar-refractivity contribution in [2.45, 2.75) is 5.75 Å². The first-order chi connectivity index (χ1) is 7.04. The van der Waals surface area contributed by atoms with Crippen molar-refractivity contribution in [2.24, 2.45) is 0 Å². The van der Waals surface area contributed by atoms with Gasteiger partial charge in [-0.2, -0.15) is 0 Å². The van der Waals surface area contributed by atoms with Crippen LogP contribution in [0.15, 0.2) is 36.5 Å². The van der Waals surface area contributed by atoms with E-state index >= 15 is 0 Å². The first kappa shape index (κ1) is 10.4. The quantitative estimate of drug-likeness (QED) is 0.758. The highest BCUT2D eigenvalue weighted by atomic mass is 35.7. The van der Waals surface area contributed by atoms with Crippen LogP contribution in [0.3, 0.4) is 0 Å². The van der Waals surface area contributed by atoms with E-state index in [1.165, 1.54) is 0 Å². The Morgan fingerprint density at radius 2 is 2.07 bits per heavy atom. The highest BCUT2D eigenvalue weighted by Gasteiger charge is 2.07. The summed E-state index contributed by atoms with van der Waals surface area (Å²) in [7, 11) is 1.67. The van der Waals surface area contributed by atoms with Gasteiger partial charge in [0.05, 0.1) is 11.3 Å². The largest absolute Gasteiger partial charge is 0.256 e. The zero-order chi connectivity index (χ0) is 10.9. The Balaban J connectivity index is 2.48. The second kappa shape index (κ2) is 3.79. The van der Waals surface area contributed by atoms with Gasteiger partial charge in [0.15, 0.2) is 0 Å². The molecule has 0 radical (unpaired) electrons. The smallest absolute Gasteiger partial charge is 0.236 e. The lowest BCUT2D eigenvalue weighted by Gasteiger charge is -2.00. The second-order valence-electron chi connectivity index (χ2n) is 3.21. The minimum absolute atomic E-state index is 0.166. The van der Waals surface area contributed by atoms with Crippen LogP contribution in [0.1, 0.15) is 5.56 Å². The summed E-state index contributed by atoms with van der Waals surface area (Å²) in [5.41, 5.74) is 1.42. The molecule has 0 spiro atoms. The normalized spacial score (nSPS) is 11.8. The molecular formula is C10H8ClNO2S. The van der Waals surface area contributed by atoms with E-state index in [2.05, 4.69) is 4.98 Å². The summed E-state index contributed by atoms with van der Waals surface area (Å²) in [6.45, 7) is 0. The average molecular weight is 242 g/mol. The Kier molecular flexibility index (Phi) is 2.63. The molecule has 0 saturated carbocycles. The maximum Gasteiger partial charge on any atom is 0.236 e. The average Bonchev–Trinajstić information content (AvgIpc) is 2.15. The molecule has 0 aliphatic carbocycles. The van der Waals surface area contributed by atoms with Gasteiger partial charge in [-0.3, -0.25) is 4.98 Å². The van der Waals surface area contributed by atoms with Crippen LogP contribution in [0, 0.1) is 0 Å². The third-order valence-corrected chi connectivity index (χ3v) is 3.01. The third-order valence-electron chi connectivity index (χ3n) is 2.01. The van der Waals surface area contributed by atoms with E-state index in [1.54, 1.807) is 18.3 Å². The second-order valence-corrected chi connectivity index (χ2v) is 5.99. The maximum atomic E-state index is 10.9. The molecule has 2 aromatic rings. The highest BCUT2D eigenvalue weighted by Crippen LogP contribution is 2.16. The lowest BCUT2D eigenvalue weighted by Crippen LogP contribution is -1.94. The fourth-order valence-corrected chi connectivity index (χ4v) is 2.36. The van der Waals surface area contributed by atoms with Gasteiger partial charge in [0.2, 0.25) is 9.05 Å². The van der Waals surface area contributed by atoms with Crippen LogP contribution in [0.5, 0.6) is 0 Å². The van der Waals surface area contributed by atoms with Crippen molar-refractivity contribution in [3.8, 4) is 0 Å². The molecule has 0 unspecified atom stereocenters. The molecule has 1 aromatic heterocycles. The van der Waals surface area contributed by atoms with Crippen molar-refractivity contribution in [1.29, 1.82) is 0 Å². The number of pyridine rings is 1. The molecule has 2 rings (SSSR count). The first-order valence-corrected chi connectivity index (χ1v) is 6.78. The molecule has 0 aliphatic heterocycles. The predicted octanol–water partition coefficient (Wildman–Crippen LogP) is 2.30. The van der Waals surface area contributed by atoms with E-state index < -0.39 is 9.05 Å². The van der Waals surface area contributed by atoms with Gasteiger partial charge in [-0.1, -0.05) is 18.2 Å². The van der Waals surface area contributed by atoms with Gasteiger partial charge < -0.3 is 0 Å². The Morgan fingerprint density at radius 1 is 1.27 bits per heavy atom. The Labute approximate surface area is 92.1 Å². The van der Waals surface area contributed by atoms with Crippen molar-refractivity contribution in [3.05, 3.63) is 42.1 Å². The summed E-state index contributed by atoms with van der Waals surface area (Å²) < 4.78 is 21.8. The van der Waals surface area contributed by atoms with Crippen LogP contribution < -0.4 is 0 Å². The molecule has 0 aliphatic rings. The third kappa shape index (κ3) is 2.67. The Hall–Kier alpha value is -1.13. The minimum atomic E-state index is -3.50. The molecule has 0 N–H and O–H groups in total.